The standard InChI is InChI=1S/C23H28N6O2S/c1-14-6-11-18(15(2)12-14)25-21(31)26-19(30)13-32-22-28-27-20(29(22)24)16-7-9-17(10-8-16)23(3,4)5/h6-12H,13,24H2,1-5H3,(H2,25,26,30,31). The fourth-order valence-corrected chi connectivity index (χ4v) is 3.75. The molecule has 0 radical (unpaired) electrons. The van der Waals surface area contributed by atoms with E-state index in [4.69, 9.17) is 5.84 Å². The lowest BCUT2D eigenvalue weighted by atomic mass is 9.87. The highest BCUT2D eigenvalue weighted by Gasteiger charge is 2.17. The number of imide groups is 1. The van der Waals surface area contributed by atoms with Gasteiger partial charge in [0.15, 0.2) is 5.82 Å². The van der Waals surface area contributed by atoms with Crippen LogP contribution >= 0.6 is 11.8 Å². The Labute approximate surface area is 192 Å². The summed E-state index contributed by atoms with van der Waals surface area (Å²) in [5, 5.41) is 13.6. The van der Waals surface area contributed by atoms with Crippen molar-refractivity contribution in [1.82, 2.24) is 20.2 Å². The number of nitrogens with zero attached hydrogens (tertiary/aromatic N) is 3. The van der Waals surface area contributed by atoms with E-state index in [-0.39, 0.29) is 11.2 Å². The van der Waals surface area contributed by atoms with Gasteiger partial charge in [0.2, 0.25) is 11.1 Å². The maximum Gasteiger partial charge on any atom is 0.325 e. The van der Waals surface area contributed by atoms with Gasteiger partial charge in [-0.05, 0) is 36.5 Å². The van der Waals surface area contributed by atoms with Crippen molar-refractivity contribution in [2.75, 3.05) is 16.9 Å². The summed E-state index contributed by atoms with van der Waals surface area (Å²) in [4.78, 5) is 24.3. The van der Waals surface area contributed by atoms with Crippen LogP contribution in [0.3, 0.4) is 0 Å². The van der Waals surface area contributed by atoms with Crippen LogP contribution in [-0.2, 0) is 10.2 Å². The van der Waals surface area contributed by atoms with Gasteiger partial charge in [-0.2, -0.15) is 0 Å². The Morgan fingerprint density at radius 2 is 1.75 bits per heavy atom. The molecule has 1 aromatic heterocycles. The molecule has 3 rings (SSSR count). The highest BCUT2D eigenvalue weighted by Crippen LogP contribution is 2.26. The van der Waals surface area contributed by atoms with Crippen molar-refractivity contribution in [3.63, 3.8) is 0 Å². The number of carbonyl (C=O) groups is 2. The lowest BCUT2D eigenvalue weighted by Crippen LogP contribution is -2.35. The van der Waals surface area contributed by atoms with Gasteiger partial charge in [0.25, 0.3) is 0 Å². The van der Waals surface area contributed by atoms with Crippen molar-refractivity contribution < 1.29 is 9.59 Å². The molecule has 0 fully saturated rings. The van der Waals surface area contributed by atoms with E-state index in [9.17, 15) is 9.59 Å². The van der Waals surface area contributed by atoms with E-state index >= 15 is 0 Å². The minimum absolute atomic E-state index is 0.0292. The average Bonchev–Trinajstić information content (AvgIpc) is 3.08. The average molecular weight is 453 g/mol. The number of aromatic nitrogens is 3. The van der Waals surface area contributed by atoms with Crippen LogP contribution in [0.1, 0.15) is 37.5 Å². The topological polar surface area (TPSA) is 115 Å². The van der Waals surface area contributed by atoms with Crippen molar-refractivity contribution in [2.24, 2.45) is 0 Å². The van der Waals surface area contributed by atoms with Gasteiger partial charge >= 0.3 is 6.03 Å². The fraction of sp³-hybridized carbons (Fsp3) is 0.304. The van der Waals surface area contributed by atoms with Crippen LogP contribution in [0.15, 0.2) is 47.6 Å². The third-order valence-electron chi connectivity index (χ3n) is 4.89. The number of hydrogen-bond acceptors (Lipinski definition) is 6. The van der Waals surface area contributed by atoms with E-state index in [1.54, 1.807) is 6.07 Å². The SMILES string of the molecule is Cc1ccc(NC(=O)NC(=O)CSc2nnc(-c3ccc(C(C)(C)C)cc3)n2N)c(C)c1. The minimum atomic E-state index is -0.587. The largest absolute Gasteiger partial charge is 0.335 e. The molecule has 0 bridgehead atoms. The molecule has 0 spiro atoms. The highest BCUT2D eigenvalue weighted by molar-refractivity contribution is 7.99. The Kier molecular flexibility index (Phi) is 6.88. The molecule has 8 nitrogen and oxygen atoms in total. The number of benzene rings is 2. The molecule has 3 aromatic rings. The minimum Gasteiger partial charge on any atom is -0.335 e. The number of thioether (sulfide) groups is 1. The number of nitrogen functional groups attached to an aromatic ring is 1. The molecule has 0 saturated heterocycles. The van der Waals surface area contributed by atoms with Crippen molar-refractivity contribution in [1.29, 1.82) is 0 Å². The predicted octanol–water partition coefficient (Wildman–Crippen LogP) is 4.01. The zero-order chi connectivity index (χ0) is 23.5. The number of nitrogens with two attached hydrogens (primary N) is 1. The first-order chi connectivity index (χ1) is 15.0. The van der Waals surface area contributed by atoms with Gasteiger partial charge in [-0.25, -0.2) is 9.47 Å². The van der Waals surface area contributed by atoms with Crippen molar-refractivity contribution in [3.05, 3.63) is 59.2 Å². The van der Waals surface area contributed by atoms with E-state index in [1.807, 2.05) is 50.2 Å². The molecule has 0 aliphatic rings. The fourth-order valence-electron chi connectivity index (χ4n) is 3.09. The third-order valence-corrected chi connectivity index (χ3v) is 5.83. The molecule has 3 amide bonds. The summed E-state index contributed by atoms with van der Waals surface area (Å²) in [5.41, 5.74) is 4.75. The molecule has 1 heterocycles. The maximum atomic E-state index is 12.2. The summed E-state index contributed by atoms with van der Waals surface area (Å²) in [6.07, 6.45) is 0. The summed E-state index contributed by atoms with van der Waals surface area (Å²) in [6.45, 7) is 10.3. The van der Waals surface area contributed by atoms with E-state index < -0.39 is 11.9 Å². The molecular weight excluding hydrogens is 424 g/mol. The normalized spacial score (nSPS) is 11.3. The Morgan fingerprint density at radius 3 is 2.38 bits per heavy atom. The van der Waals surface area contributed by atoms with E-state index in [0.717, 1.165) is 28.5 Å². The first-order valence-electron chi connectivity index (χ1n) is 10.2. The van der Waals surface area contributed by atoms with E-state index in [1.165, 1.54) is 10.2 Å². The Morgan fingerprint density at radius 1 is 1.06 bits per heavy atom. The number of hydrogen-bond donors (Lipinski definition) is 3. The maximum absolute atomic E-state index is 12.2. The molecule has 0 unspecified atom stereocenters. The van der Waals surface area contributed by atoms with Gasteiger partial charge in [-0.3, -0.25) is 10.1 Å². The summed E-state index contributed by atoms with van der Waals surface area (Å²) < 4.78 is 1.35. The summed E-state index contributed by atoms with van der Waals surface area (Å²) in [6, 6.07) is 13.0. The lowest BCUT2D eigenvalue weighted by molar-refractivity contribution is -0.117. The van der Waals surface area contributed by atoms with Gasteiger partial charge < -0.3 is 11.2 Å². The van der Waals surface area contributed by atoms with Crippen LogP contribution in [0.5, 0.6) is 0 Å². The monoisotopic (exact) mass is 452 g/mol. The van der Waals surface area contributed by atoms with Crippen LogP contribution in [-0.4, -0.2) is 32.6 Å². The molecule has 32 heavy (non-hydrogen) atoms. The second kappa shape index (κ2) is 9.44. The molecular formula is C23H28N6O2S. The van der Waals surface area contributed by atoms with E-state index in [2.05, 4.69) is 41.6 Å². The molecule has 2 aromatic carbocycles. The van der Waals surface area contributed by atoms with Crippen molar-refractivity contribution in [2.45, 2.75) is 45.2 Å². The Hall–Kier alpha value is -3.33. The molecule has 0 atom stereocenters. The third kappa shape index (κ3) is 5.67. The number of urea groups is 1. The number of aryl methyl sites for hydroxylation is 2. The summed E-state index contributed by atoms with van der Waals surface area (Å²) in [7, 11) is 0. The van der Waals surface area contributed by atoms with Crippen LogP contribution in [0, 0.1) is 13.8 Å². The molecule has 168 valence electrons. The molecule has 9 heteroatoms. The zero-order valence-corrected chi connectivity index (χ0v) is 19.7. The second-order valence-corrected chi connectivity index (χ2v) is 9.56. The number of nitrogens with one attached hydrogen (secondary N) is 2. The Bertz CT molecular complexity index is 1130. The first kappa shape index (κ1) is 23.3. The van der Waals surface area contributed by atoms with E-state index in [0.29, 0.717) is 16.7 Å². The van der Waals surface area contributed by atoms with Gasteiger partial charge in [0.05, 0.1) is 5.75 Å². The zero-order valence-electron chi connectivity index (χ0n) is 18.9. The first-order valence-corrected chi connectivity index (χ1v) is 11.2. The quantitative estimate of drug-likeness (QED) is 0.398. The highest BCUT2D eigenvalue weighted by atomic mass is 32.2. The number of rotatable bonds is 5. The van der Waals surface area contributed by atoms with Crippen molar-refractivity contribution in [3.8, 4) is 11.4 Å². The molecule has 4 N–H and O–H groups in total. The lowest BCUT2D eigenvalue weighted by Gasteiger charge is -2.19. The van der Waals surface area contributed by atoms with Crippen molar-refractivity contribution >= 4 is 29.4 Å². The second-order valence-electron chi connectivity index (χ2n) is 8.61. The smallest absolute Gasteiger partial charge is 0.325 e. The van der Waals surface area contributed by atoms with Gasteiger partial charge in [0, 0.05) is 11.3 Å². The van der Waals surface area contributed by atoms with Crippen LogP contribution in [0.25, 0.3) is 11.4 Å². The molecule has 0 saturated carbocycles. The van der Waals surface area contributed by atoms with Gasteiger partial charge in [0.1, 0.15) is 0 Å². The number of anilines is 1. The van der Waals surface area contributed by atoms with Crippen LogP contribution < -0.4 is 16.5 Å². The van der Waals surface area contributed by atoms with Crippen LogP contribution in [0.4, 0.5) is 10.5 Å². The van der Waals surface area contributed by atoms with Crippen LogP contribution in [0.2, 0.25) is 0 Å². The molecule has 0 aliphatic heterocycles. The predicted molar refractivity (Wildman–Crippen MR) is 128 cm³/mol. The summed E-state index contributed by atoms with van der Waals surface area (Å²) in [5.74, 6) is 6.15. The number of amides is 3. The van der Waals surface area contributed by atoms with Gasteiger partial charge in [-0.15, -0.1) is 10.2 Å². The summed E-state index contributed by atoms with van der Waals surface area (Å²) >= 11 is 1.10. The number of carbonyl (C=O) groups excluding carboxylic acids is 2. The molecule has 0 aliphatic carbocycles. The van der Waals surface area contributed by atoms with Gasteiger partial charge in [-0.1, -0.05) is 74.5 Å². The Balaban J connectivity index is 1.57.